The molecule has 0 radical (unpaired) electrons. The fourth-order valence-corrected chi connectivity index (χ4v) is 1.87. The van der Waals surface area contributed by atoms with Crippen LogP contribution in [0.15, 0.2) is 46.9 Å². The number of hydrazone groups is 1. The summed E-state index contributed by atoms with van der Waals surface area (Å²) in [5, 5.41) is 5.86. The molecule has 2 rings (SSSR count). The highest BCUT2D eigenvalue weighted by atomic mass is 32.1. The zero-order valence-corrected chi connectivity index (χ0v) is 10.2. The molecular formula is C13H12N2OS. The van der Waals surface area contributed by atoms with Crippen LogP contribution in [0.4, 0.5) is 0 Å². The van der Waals surface area contributed by atoms with Crippen molar-refractivity contribution >= 4 is 23.5 Å². The number of aryl methyl sites for hydroxylation is 1. The molecule has 0 fully saturated rings. The molecule has 0 aliphatic heterocycles. The molecule has 0 aliphatic rings. The highest BCUT2D eigenvalue weighted by Crippen LogP contribution is 2.05. The zero-order valence-electron chi connectivity index (χ0n) is 9.38. The molecule has 1 heterocycles. The van der Waals surface area contributed by atoms with Crippen LogP contribution in [0.1, 0.15) is 20.8 Å². The standard InChI is InChI=1S/C13H12N2OS/c1-10-4-6-11(7-5-10)13(16)15-14-9-12-3-2-8-17-12/h2-9H,1H3,(H,15,16). The van der Waals surface area contributed by atoms with Gasteiger partial charge in [0.05, 0.1) is 6.21 Å². The fourth-order valence-electron chi connectivity index (χ4n) is 1.29. The van der Waals surface area contributed by atoms with Crippen molar-refractivity contribution in [2.24, 2.45) is 5.10 Å². The third kappa shape index (κ3) is 3.26. The van der Waals surface area contributed by atoms with E-state index in [1.54, 1.807) is 29.7 Å². The Morgan fingerprint density at radius 2 is 2.06 bits per heavy atom. The van der Waals surface area contributed by atoms with Gasteiger partial charge in [-0.05, 0) is 30.5 Å². The molecule has 1 aromatic heterocycles. The van der Waals surface area contributed by atoms with Gasteiger partial charge in [-0.1, -0.05) is 23.8 Å². The van der Waals surface area contributed by atoms with Crippen LogP contribution in [0.25, 0.3) is 0 Å². The van der Waals surface area contributed by atoms with E-state index in [-0.39, 0.29) is 5.91 Å². The smallest absolute Gasteiger partial charge is 0.267 e. The first kappa shape index (κ1) is 11.5. The third-order valence-electron chi connectivity index (χ3n) is 2.21. The second-order valence-electron chi connectivity index (χ2n) is 3.58. The van der Waals surface area contributed by atoms with Gasteiger partial charge in [-0.2, -0.15) is 5.10 Å². The van der Waals surface area contributed by atoms with Crippen LogP contribution in [0.5, 0.6) is 0 Å². The number of amides is 1. The van der Waals surface area contributed by atoms with Crippen LogP contribution in [0, 0.1) is 6.92 Å². The average molecular weight is 244 g/mol. The van der Waals surface area contributed by atoms with E-state index in [2.05, 4.69) is 10.5 Å². The molecule has 1 N–H and O–H groups in total. The molecule has 86 valence electrons. The van der Waals surface area contributed by atoms with Crippen LogP contribution >= 0.6 is 11.3 Å². The molecule has 17 heavy (non-hydrogen) atoms. The monoisotopic (exact) mass is 244 g/mol. The fraction of sp³-hybridized carbons (Fsp3) is 0.0769. The molecule has 0 saturated carbocycles. The van der Waals surface area contributed by atoms with Gasteiger partial charge in [0, 0.05) is 10.4 Å². The van der Waals surface area contributed by atoms with E-state index in [0.717, 1.165) is 10.4 Å². The Morgan fingerprint density at radius 3 is 2.71 bits per heavy atom. The van der Waals surface area contributed by atoms with Gasteiger partial charge in [0.2, 0.25) is 0 Å². The van der Waals surface area contributed by atoms with Gasteiger partial charge in [0.15, 0.2) is 0 Å². The lowest BCUT2D eigenvalue weighted by Crippen LogP contribution is -2.17. The van der Waals surface area contributed by atoms with Gasteiger partial charge in [0.25, 0.3) is 5.91 Å². The van der Waals surface area contributed by atoms with Crippen molar-refractivity contribution in [3.05, 3.63) is 57.8 Å². The number of nitrogens with one attached hydrogen (secondary N) is 1. The first-order valence-electron chi connectivity index (χ1n) is 5.19. The minimum Gasteiger partial charge on any atom is -0.267 e. The molecule has 0 atom stereocenters. The molecule has 1 amide bonds. The Morgan fingerprint density at radius 1 is 1.29 bits per heavy atom. The van der Waals surface area contributed by atoms with E-state index in [0.29, 0.717) is 5.56 Å². The summed E-state index contributed by atoms with van der Waals surface area (Å²) in [6.07, 6.45) is 1.64. The molecule has 0 saturated heterocycles. The SMILES string of the molecule is Cc1ccc(C(=O)NN=Cc2cccs2)cc1. The number of nitrogens with zero attached hydrogens (tertiary/aromatic N) is 1. The molecule has 1 aromatic carbocycles. The molecule has 4 heteroatoms. The van der Waals surface area contributed by atoms with Crippen molar-refractivity contribution in [1.82, 2.24) is 5.43 Å². The molecule has 0 aliphatic carbocycles. The van der Waals surface area contributed by atoms with Crippen molar-refractivity contribution < 1.29 is 4.79 Å². The summed E-state index contributed by atoms with van der Waals surface area (Å²) >= 11 is 1.57. The van der Waals surface area contributed by atoms with Crippen molar-refractivity contribution in [3.8, 4) is 0 Å². The van der Waals surface area contributed by atoms with E-state index >= 15 is 0 Å². The Balaban J connectivity index is 1.96. The largest absolute Gasteiger partial charge is 0.271 e. The normalized spacial score (nSPS) is 10.6. The highest BCUT2D eigenvalue weighted by molar-refractivity contribution is 7.11. The summed E-state index contributed by atoms with van der Waals surface area (Å²) in [5.41, 5.74) is 4.23. The number of benzene rings is 1. The zero-order chi connectivity index (χ0) is 12.1. The second kappa shape index (κ2) is 5.41. The lowest BCUT2D eigenvalue weighted by molar-refractivity contribution is 0.0955. The summed E-state index contributed by atoms with van der Waals surface area (Å²) in [6.45, 7) is 1.98. The van der Waals surface area contributed by atoms with Gasteiger partial charge in [-0.15, -0.1) is 11.3 Å². The number of carbonyl (C=O) groups is 1. The minimum absolute atomic E-state index is 0.196. The van der Waals surface area contributed by atoms with Crippen LogP contribution in [-0.4, -0.2) is 12.1 Å². The summed E-state index contributed by atoms with van der Waals surface area (Å²) < 4.78 is 0. The Kier molecular flexibility index (Phi) is 3.67. The van der Waals surface area contributed by atoms with Crippen molar-refractivity contribution in [2.75, 3.05) is 0 Å². The average Bonchev–Trinajstić information content (AvgIpc) is 2.83. The van der Waals surface area contributed by atoms with Gasteiger partial charge < -0.3 is 0 Å². The third-order valence-corrected chi connectivity index (χ3v) is 3.02. The predicted octanol–water partition coefficient (Wildman–Crippen LogP) is 2.82. The minimum atomic E-state index is -0.196. The Bertz CT molecular complexity index is 515. The van der Waals surface area contributed by atoms with Crippen molar-refractivity contribution in [1.29, 1.82) is 0 Å². The molecular weight excluding hydrogens is 232 g/mol. The van der Waals surface area contributed by atoms with Crippen molar-refractivity contribution in [2.45, 2.75) is 6.92 Å². The lowest BCUT2D eigenvalue weighted by atomic mass is 10.1. The van der Waals surface area contributed by atoms with E-state index in [9.17, 15) is 4.79 Å². The van der Waals surface area contributed by atoms with E-state index < -0.39 is 0 Å². The van der Waals surface area contributed by atoms with Crippen LogP contribution in [-0.2, 0) is 0 Å². The van der Waals surface area contributed by atoms with Crippen molar-refractivity contribution in [3.63, 3.8) is 0 Å². The number of thiophene rings is 1. The van der Waals surface area contributed by atoms with Crippen LogP contribution in [0.3, 0.4) is 0 Å². The Hall–Kier alpha value is -1.94. The summed E-state index contributed by atoms with van der Waals surface area (Å²) in [5.74, 6) is -0.196. The predicted molar refractivity (Wildman–Crippen MR) is 70.6 cm³/mol. The topological polar surface area (TPSA) is 41.5 Å². The number of hydrogen-bond donors (Lipinski definition) is 1. The maximum absolute atomic E-state index is 11.7. The maximum Gasteiger partial charge on any atom is 0.271 e. The van der Waals surface area contributed by atoms with Gasteiger partial charge in [-0.25, -0.2) is 5.43 Å². The maximum atomic E-state index is 11.7. The first-order valence-corrected chi connectivity index (χ1v) is 6.07. The summed E-state index contributed by atoms with van der Waals surface area (Å²) in [4.78, 5) is 12.7. The second-order valence-corrected chi connectivity index (χ2v) is 4.56. The molecule has 0 spiro atoms. The van der Waals surface area contributed by atoms with Gasteiger partial charge in [0.1, 0.15) is 0 Å². The highest BCUT2D eigenvalue weighted by Gasteiger charge is 2.02. The summed E-state index contributed by atoms with van der Waals surface area (Å²) in [7, 11) is 0. The van der Waals surface area contributed by atoms with E-state index in [4.69, 9.17) is 0 Å². The molecule has 3 nitrogen and oxygen atoms in total. The molecule has 0 unspecified atom stereocenters. The number of carbonyl (C=O) groups excluding carboxylic acids is 1. The van der Waals surface area contributed by atoms with Crippen LogP contribution in [0.2, 0.25) is 0 Å². The summed E-state index contributed by atoms with van der Waals surface area (Å²) in [6, 6.07) is 11.2. The quantitative estimate of drug-likeness (QED) is 0.654. The molecule has 0 bridgehead atoms. The van der Waals surface area contributed by atoms with E-state index in [1.165, 1.54) is 0 Å². The Labute approximate surface area is 104 Å². The first-order chi connectivity index (χ1) is 8.25. The number of rotatable bonds is 3. The molecule has 2 aromatic rings. The number of hydrogen-bond acceptors (Lipinski definition) is 3. The van der Waals surface area contributed by atoms with E-state index in [1.807, 2.05) is 36.6 Å². The van der Waals surface area contributed by atoms with Gasteiger partial charge in [-0.3, -0.25) is 4.79 Å². The van der Waals surface area contributed by atoms with Gasteiger partial charge >= 0.3 is 0 Å². The van der Waals surface area contributed by atoms with Crippen LogP contribution < -0.4 is 5.43 Å². The lowest BCUT2D eigenvalue weighted by Gasteiger charge is -1.99.